The highest BCUT2D eigenvalue weighted by Gasteiger charge is 2.76. The maximum absolute atomic E-state index is 14.8. The Morgan fingerprint density at radius 3 is 2.40 bits per heavy atom. The van der Waals surface area contributed by atoms with Gasteiger partial charge < -0.3 is 19.8 Å². The summed E-state index contributed by atoms with van der Waals surface area (Å²) in [6.45, 7) is 13.1. The Bertz CT molecular complexity index is 1140. The van der Waals surface area contributed by atoms with Crippen LogP contribution in [0.2, 0.25) is 0 Å². The average molecular weight is 633 g/mol. The van der Waals surface area contributed by atoms with Crippen LogP contribution in [0.5, 0.6) is 0 Å². The minimum absolute atomic E-state index is 0.0282. The van der Waals surface area contributed by atoms with Crippen molar-refractivity contribution in [2.24, 2.45) is 11.8 Å². The smallest absolute Gasteiger partial charge is 0.251 e. The molecule has 3 fully saturated rings. The Labute approximate surface area is 251 Å². The van der Waals surface area contributed by atoms with E-state index in [4.69, 9.17) is 0 Å². The lowest BCUT2D eigenvalue weighted by Crippen LogP contribution is -2.56. The van der Waals surface area contributed by atoms with Gasteiger partial charge in [0.2, 0.25) is 11.8 Å². The second-order valence-electron chi connectivity index (χ2n) is 11.3. The van der Waals surface area contributed by atoms with Gasteiger partial charge in [0.1, 0.15) is 6.04 Å². The molecule has 3 unspecified atom stereocenters. The van der Waals surface area contributed by atoms with E-state index in [1.807, 2.05) is 32.0 Å². The number of rotatable bonds is 13. The minimum atomic E-state index is -0.691. The number of unbranched alkanes of at least 4 members (excludes halogenated alkanes) is 3. The molecular weight excluding hydrogens is 590 g/mol. The molecule has 9 heteroatoms. The van der Waals surface area contributed by atoms with Gasteiger partial charge in [-0.15, -0.1) is 24.9 Å². The predicted octanol–water partition coefficient (Wildman–Crippen LogP) is 4.48. The highest BCUT2D eigenvalue weighted by Crippen LogP contribution is 2.68. The van der Waals surface area contributed by atoms with Crippen LogP contribution in [-0.4, -0.2) is 86.8 Å². The number of carbonyl (C=O) groups is 3. The lowest BCUT2D eigenvalue weighted by molar-refractivity contribution is -0.143. The Morgan fingerprint density at radius 1 is 1.12 bits per heavy atom. The van der Waals surface area contributed by atoms with Crippen LogP contribution < -0.4 is 4.90 Å². The average Bonchev–Trinajstić information content (AvgIpc) is 3.50. The molecule has 1 aromatic carbocycles. The second kappa shape index (κ2) is 12.8. The van der Waals surface area contributed by atoms with E-state index in [1.54, 1.807) is 45.7 Å². The van der Waals surface area contributed by atoms with Crippen molar-refractivity contribution in [1.29, 1.82) is 0 Å². The lowest BCUT2D eigenvalue weighted by Gasteiger charge is -2.38. The van der Waals surface area contributed by atoms with E-state index in [9.17, 15) is 19.5 Å². The Kier molecular flexibility index (Phi) is 9.89. The first-order valence-electron chi connectivity index (χ1n) is 14.2. The zero-order valence-electron chi connectivity index (χ0n) is 23.9. The first-order valence-corrected chi connectivity index (χ1v) is 16.0. The number of likely N-dealkylation sites (tertiary alicyclic amines) is 1. The molecule has 0 saturated carbocycles. The number of carbonyl (C=O) groups excluding carboxylic acids is 3. The van der Waals surface area contributed by atoms with Crippen molar-refractivity contribution in [3.63, 3.8) is 0 Å². The molecule has 2 bridgehead atoms. The van der Waals surface area contributed by atoms with Crippen molar-refractivity contribution in [3.05, 3.63) is 54.6 Å². The summed E-state index contributed by atoms with van der Waals surface area (Å²) in [5.74, 6) is -1.30. The van der Waals surface area contributed by atoms with Crippen LogP contribution >= 0.6 is 27.7 Å². The van der Waals surface area contributed by atoms with Crippen molar-refractivity contribution in [3.8, 4) is 0 Å². The Hall–Kier alpha value is -2.10. The fourth-order valence-electron chi connectivity index (χ4n) is 7.02. The highest BCUT2D eigenvalue weighted by atomic mass is 79.9. The molecule has 6 atom stereocenters. The molecule has 3 aliphatic heterocycles. The molecule has 0 aromatic heterocycles. The predicted molar refractivity (Wildman–Crippen MR) is 166 cm³/mol. The molecule has 40 heavy (non-hydrogen) atoms. The Balaban J connectivity index is 1.77. The molecule has 4 rings (SSSR count). The molecule has 3 heterocycles. The van der Waals surface area contributed by atoms with Crippen LogP contribution in [0.3, 0.4) is 0 Å². The first-order chi connectivity index (χ1) is 19.1. The summed E-state index contributed by atoms with van der Waals surface area (Å²) < 4.78 is -0.691. The van der Waals surface area contributed by atoms with Crippen LogP contribution in [0.15, 0.2) is 43.5 Å². The number of nitrogens with zero attached hydrogens (tertiary/aromatic N) is 3. The van der Waals surface area contributed by atoms with Gasteiger partial charge >= 0.3 is 0 Å². The van der Waals surface area contributed by atoms with Gasteiger partial charge in [-0.3, -0.25) is 14.4 Å². The molecule has 1 N–H and O–H groups in total. The summed E-state index contributed by atoms with van der Waals surface area (Å²) in [5, 5.41) is 9.12. The standard InChI is InChI=1S/C31H42BrN3O4S/c1-6-15-33(5)28(37)23-24-29(38)35(17-10-8-9-11-18-36)27(31(24)19-22(32)26(23)40-31)30(39)34(16-7-2)25-20(3)13-12-14-21(25)4/h6-7,12-14,22-24,26-27,36H,1-2,8-11,15-19H2,3-5H3/t22?,23-,24-,26-,27?,31?/m0/s1. The van der Waals surface area contributed by atoms with Crippen molar-refractivity contribution in [2.75, 3.05) is 38.2 Å². The number of fused-ring (bicyclic) bond motifs is 1. The number of anilines is 1. The molecule has 218 valence electrons. The number of aryl methyl sites for hydroxylation is 2. The highest BCUT2D eigenvalue weighted by molar-refractivity contribution is 9.09. The van der Waals surface area contributed by atoms with Crippen LogP contribution in [0.25, 0.3) is 0 Å². The maximum Gasteiger partial charge on any atom is 0.251 e. The van der Waals surface area contributed by atoms with Crippen LogP contribution in [0, 0.1) is 25.7 Å². The fraction of sp³-hybridized carbons (Fsp3) is 0.581. The summed E-state index contributed by atoms with van der Waals surface area (Å²) in [4.78, 5) is 48.1. The van der Waals surface area contributed by atoms with Gasteiger partial charge in [-0.1, -0.05) is 59.1 Å². The van der Waals surface area contributed by atoms with E-state index in [-0.39, 0.29) is 34.4 Å². The van der Waals surface area contributed by atoms with E-state index in [0.29, 0.717) is 26.1 Å². The monoisotopic (exact) mass is 631 g/mol. The molecule has 1 aromatic rings. The number of aliphatic hydroxyl groups is 1. The number of amides is 3. The van der Waals surface area contributed by atoms with Gasteiger partial charge in [-0.2, -0.15) is 0 Å². The quantitative estimate of drug-likeness (QED) is 0.197. The topological polar surface area (TPSA) is 81.2 Å². The lowest BCUT2D eigenvalue weighted by atomic mass is 9.70. The van der Waals surface area contributed by atoms with E-state index in [1.165, 1.54) is 0 Å². The van der Waals surface area contributed by atoms with Gasteiger partial charge in [0.05, 0.1) is 16.6 Å². The number of likely N-dealkylation sites (N-methyl/N-ethyl adjacent to an activating group) is 1. The molecular formula is C31H42BrN3O4S. The Morgan fingerprint density at radius 2 is 1.77 bits per heavy atom. The zero-order valence-corrected chi connectivity index (χ0v) is 26.3. The third kappa shape index (κ3) is 5.29. The number of hydrogen-bond donors (Lipinski definition) is 1. The third-order valence-electron chi connectivity index (χ3n) is 8.68. The molecule has 3 saturated heterocycles. The number of thioether (sulfide) groups is 1. The normalized spacial score (nSPS) is 28.5. The van der Waals surface area contributed by atoms with Gasteiger partial charge in [0.15, 0.2) is 0 Å². The number of para-hydroxylation sites is 1. The van der Waals surface area contributed by atoms with Crippen LogP contribution in [0.4, 0.5) is 5.69 Å². The first kappa shape index (κ1) is 30.8. The van der Waals surface area contributed by atoms with E-state index >= 15 is 0 Å². The molecule has 3 aliphatic rings. The maximum atomic E-state index is 14.8. The zero-order chi connectivity index (χ0) is 29.2. The summed E-state index contributed by atoms with van der Waals surface area (Å²) in [7, 11) is 1.75. The largest absolute Gasteiger partial charge is 0.396 e. The van der Waals surface area contributed by atoms with Gasteiger partial charge in [0, 0.05) is 49.1 Å². The van der Waals surface area contributed by atoms with Crippen molar-refractivity contribution >= 4 is 51.1 Å². The molecule has 0 aliphatic carbocycles. The summed E-state index contributed by atoms with van der Waals surface area (Å²) in [6.07, 6.45) is 7.26. The van der Waals surface area contributed by atoms with Crippen LogP contribution in [0.1, 0.15) is 43.2 Å². The van der Waals surface area contributed by atoms with E-state index in [0.717, 1.165) is 42.5 Å². The molecule has 0 radical (unpaired) electrons. The molecule has 3 amide bonds. The van der Waals surface area contributed by atoms with Gasteiger partial charge in [-0.25, -0.2) is 0 Å². The SMILES string of the molecule is C=CCN(C)C(=O)[C@H]1[C@H]2C(=O)N(CCCCCCO)C(C(=O)N(CC=C)c3c(C)cccc3C)C23CC(Br)[C@@H]1S3. The second-order valence-corrected chi connectivity index (χ2v) is 14.0. The van der Waals surface area contributed by atoms with Crippen LogP contribution in [-0.2, 0) is 14.4 Å². The van der Waals surface area contributed by atoms with Crippen molar-refractivity contribution in [1.82, 2.24) is 9.80 Å². The third-order valence-corrected chi connectivity index (χ3v) is 11.9. The number of halogens is 1. The minimum Gasteiger partial charge on any atom is -0.396 e. The number of hydrogen-bond acceptors (Lipinski definition) is 5. The summed E-state index contributed by atoms with van der Waals surface area (Å²) in [6, 6.07) is 5.30. The van der Waals surface area contributed by atoms with E-state index in [2.05, 4.69) is 29.1 Å². The molecule has 1 spiro atoms. The summed E-state index contributed by atoms with van der Waals surface area (Å²) >= 11 is 5.52. The van der Waals surface area contributed by atoms with E-state index < -0.39 is 22.6 Å². The van der Waals surface area contributed by atoms with Crippen molar-refractivity contribution < 1.29 is 19.5 Å². The molecule has 7 nitrogen and oxygen atoms in total. The summed E-state index contributed by atoms with van der Waals surface area (Å²) in [5.41, 5.74) is 2.84. The fourth-order valence-corrected chi connectivity index (χ4v) is 10.6. The number of alkyl halides is 1. The van der Waals surface area contributed by atoms with Crippen molar-refractivity contribution in [2.45, 2.75) is 66.8 Å². The van der Waals surface area contributed by atoms with Gasteiger partial charge in [-0.05, 0) is 44.2 Å². The van der Waals surface area contributed by atoms with Gasteiger partial charge in [0.25, 0.3) is 5.91 Å². The number of aliphatic hydroxyl groups excluding tert-OH is 1. The number of benzene rings is 1.